The predicted octanol–water partition coefficient (Wildman–Crippen LogP) is 4.71. The summed E-state index contributed by atoms with van der Waals surface area (Å²) < 4.78 is 0. The van der Waals surface area contributed by atoms with Crippen molar-refractivity contribution in [1.29, 1.82) is 0 Å². The lowest BCUT2D eigenvalue weighted by molar-refractivity contribution is 0.0787. The Morgan fingerprint density at radius 2 is 2.04 bits per heavy atom. The van der Waals surface area contributed by atoms with E-state index in [4.69, 9.17) is 23.2 Å². The molecule has 0 saturated carbocycles. The first-order valence-electron chi connectivity index (χ1n) is 7.74. The van der Waals surface area contributed by atoms with Crippen LogP contribution in [0.15, 0.2) is 24.3 Å². The van der Waals surface area contributed by atoms with Crippen LogP contribution in [-0.4, -0.2) is 34.4 Å². The van der Waals surface area contributed by atoms with Crippen molar-refractivity contribution in [3.05, 3.63) is 45.7 Å². The van der Waals surface area contributed by atoms with Gasteiger partial charge in [0.1, 0.15) is 5.69 Å². The predicted molar refractivity (Wildman–Crippen MR) is 98.4 cm³/mol. The topological polar surface area (TPSA) is 58.1 Å². The maximum absolute atomic E-state index is 12.5. The summed E-state index contributed by atoms with van der Waals surface area (Å²) >= 11 is 12.2. The summed E-state index contributed by atoms with van der Waals surface area (Å²) in [6, 6.07) is 6.92. The zero-order valence-electron chi connectivity index (χ0n) is 13.9. The van der Waals surface area contributed by atoms with Crippen LogP contribution >= 0.6 is 23.2 Å². The number of anilines is 2. The van der Waals surface area contributed by atoms with Gasteiger partial charge in [0, 0.05) is 19.3 Å². The lowest BCUT2D eigenvalue weighted by Gasteiger charge is -2.17. The standard InChI is InChI=1S/C17H20Cl2N4O/c1-4-5-9-23(3)16(24)14-10-11(2)20-17(22-14)21-13-8-6-7-12(18)15(13)19/h6-8,10H,4-5,9H2,1-3H3,(H,20,21,22). The first-order valence-corrected chi connectivity index (χ1v) is 8.50. The third-order valence-corrected chi connectivity index (χ3v) is 4.28. The molecule has 0 saturated heterocycles. The van der Waals surface area contributed by atoms with Gasteiger partial charge in [-0.1, -0.05) is 42.6 Å². The summed E-state index contributed by atoms with van der Waals surface area (Å²) in [7, 11) is 1.77. The quantitative estimate of drug-likeness (QED) is 0.804. The molecule has 7 heteroatoms. The SMILES string of the molecule is CCCCN(C)C(=O)c1cc(C)nc(Nc2cccc(Cl)c2Cl)n1. The van der Waals surface area contributed by atoms with Gasteiger partial charge in [-0.15, -0.1) is 0 Å². The number of aromatic nitrogens is 2. The van der Waals surface area contributed by atoms with Gasteiger partial charge in [-0.25, -0.2) is 9.97 Å². The van der Waals surface area contributed by atoms with Crippen molar-refractivity contribution in [3.8, 4) is 0 Å². The minimum absolute atomic E-state index is 0.130. The number of carbonyl (C=O) groups is 1. The number of benzene rings is 1. The zero-order chi connectivity index (χ0) is 17.7. The monoisotopic (exact) mass is 366 g/mol. The normalized spacial score (nSPS) is 10.5. The maximum atomic E-state index is 12.5. The second kappa shape index (κ2) is 8.31. The molecular formula is C17H20Cl2N4O. The molecule has 0 aliphatic heterocycles. The molecule has 0 aliphatic carbocycles. The van der Waals surface area contributed by atoms with Crippen LogP contribution in [0.25, 0.3) is 0 Å². The Morgan fingerprint density at radius 3 is 2.75 bits per heavy atom. The first-order chi connectivity index (χ1) is 11.4. The summed E-state index contributed by atoms with van der Waals surface area (Å²) in [5.41, 5.74) is 1.63. The van der Waals surface area contributed by atoms with Crippen molar-refractivity contribution in [3.63, 3.8) is 0 Å². The third-order valence-electron chi connectivity index (χ3n) is 3.47. The van der Waals surface area contributed by atoms with Gasteiger partial charge >= 0.3 is 0 Å². The molecule has 1 heterocycles. The number of halogens is 2. The van der Waals surface area contributed by atoms with E-state index in [2.05, 4.69) is 22.2 Å². The van der Waals surface area contributed by atoms with Crippen molar-refractivity contribution in [2.45, 2.75) is 26.7 Å². The number of aryl methyl sites for hydroxylation is 1. The van der Waals surface area contributed by atoms with E-state index in [9.17, 15) is 4.79 Å². The molecule has 1 amide bonds. The molecule has 5 nitrogen and oxygen atoms in total. The highest BCUT2D eigenvalue weighted by Gasteiger charge is 2.15. The number of hydrogen-bond donors (Lipinski definition) is 1. The molecule has 128 valence electrons. The summed E-state index contributed by atoms with van der Waals surface area (Å²) in [5.74, 6) is 0.181. The molecule has 0 spiro atoms. The molecule has 1 aromatic carbocycles. The molecule has 0 fully saturated rings. The fourth-order valence-electron chi connectivity index (χ4n) is 2.15. The fourth-order valence-corrected chi connectivity index (χ4v) is 2.49. The van der Waals surface area contributed by atoms with Crippen molar-refractivity contribution in [1.82, 2.24) is 14.9 Å². The summed E-state index contributed by atoms with van der Waals surface area (Å²) in [6.45, 7) is 4.60. The van der Waals surface area contributed by atoms with E-state index in [-0.39, 0.29) is 5.91 Å². The van der Waals surface area contributed by atoms with E-state index in [0.29, 0.717) is 39.6 Å². The van der Waals surface area contributed by atoms with E-state index in [0.717, 1.165) is 12.8 Å². The Labute approximate surface area is 152 Å². The van der Waals surface area contributed by atoms with Gasteiger partial charge in [0.25, 0.3) is 5.91 Å². The number of rotatable bonds is 6. The van der Waals surface area contributed by atoms with Gasteiger partial charge in [-0.05, 0) is 31.5 Å². The van der Waals surface area contributed by atoms with Crippen LogP contribution in [0.1, 0.15) is 35.9 Å². The van der Waals surface area contributed by atoms with Crippen molar-refractivity contribution in [2.24, 2.45) is 0 Å². The van der Waals surface area contributed by atoms with E-state index in [1.165, 1.54) is 0 Å². The molecule has 1 aromatic heterocycles. The van der Waals surface area contributed by atoms with Crippen LogP contribution in [0, 0.1) is 6.92 Å². The Bertz CT molecular complexity index is 737. The Kier molecular flexibility index (Phi) is 6.40. The molecule has 24 heavy (non-hydrogen) atoms. The van der Waals surface area contributed by atoms with E-state index >= 15 is 0 Å². The number of carbonyl (C=O) groups excluding carboxylic acids is 1. The van der Waals surface area contributed by atoms with E-state index in [1.807, 2.05) is 6.92 Å². The van der Waals surface area contributed by atoms with Gasteiger partial charge in [0.05, 0.1) is 15.7 Å². The second-order valence-corrected chi connectivity index (χ2v) is 6.31. The van der Waals surface area contributed by atoms with Crippen LogP contribution in [0.3, 0.4) is 0 Å². The number of amides is 1. The lowest BCUT2D eigenvalue weighted by atomic mass is 10.2. The number of unbranched alkanes of at least 4 members (excludes halogenated alkanes) is 1. The van der Waals surface area contributed by atoms with Crippen LogP contribution in [0.4, 0.5) is 11.6 Å². The van der Waals surface area contributed by atoms with Gasteiger partial charge in [-0.3, -0.25) is 4.79 Å². The van der Waals surface area contributed by atoms with Crippen molar-refractivity contribution >= 4 is 40.7 Å². The maximum Gasteiger partial charge on any atom is 0.272 e. The molecule has 2 rings (SSSR count). The van der Waals surface area contributed by atoms with Crippen LogP contribution in [-0.2, 0) is 0 Å². The van der Waals surface area contributed by atoms with Gasteiger partial charge in [0.2, 0.25) is 5.95 Å². The highest BCUT2D eigenvalue weighted by Crippen LogP contribution is 2.31. The van der Waals surface area contributed by atoms with Crippen LogP contribution < -0.4 is 5.32 Å². The van der Waals surface area contributed by atoms with Crippen molar-refractivity contribution < 1.29 is 4.79 Å². The molecule has 0 atom stereocenters. The summed E-state index contributed by atoms with van der Waals surface area (Å²) in [4.78, 5) is 22.8. The van der Waals surface area contributed by atoms with Gasteiger partial charge in [0.15, 0.2) is 0 Å². The fraction of sp³-hybridized carbons (Fsp3) is 0.353. The van der Waals surface area contributed by atoms with Crippen molar-refractivity contribution in [2.75, 3.05) is 18.9 Å². The third kappa shape index (κ3) is 4.58. The Balaban J connectivity index is 2.25. The number of hydrogen-bond acceptors (Lipinski definition) is 4. The summed E-state index contributed by atoms with van der Waals surface area (Å²) in [5, 5.41) is 3.84. The van der Waals surface area contributed by atoms with E-state index in [1.54, 1.807) is 36.2 Å². The molecule has 0 unspecified atom stereocenters. The first kappa shape index (κ1) is 18.5. The molecular weight excluding hydrogens is 347 g/mol. The largest absolute Gasteiger partial charge is 0.340 e. The molecule has 2 aromatic rings. The van der Waals surface area contributed by atoms with E-state index < -0.39 is 0 Å². The lowest BCUT2D eigenvalue weighted by Crippen LogP contribution is -2.28. The smallest absolute Gasteiger partial charge is 0.272 e. The highest BCUT2D eigenvalue weighted by molar-refractivity contribution is 6.43. The number of nitrogens with one attached hydrogen (secondary N) is 1. The minimum Gasteiger partial charge on any atom is -0.340 e. The zero-order valence-corrected chi connectivity index (χ0v) is 15.4. The van der Waals surface area contributed by atoms with Crippen LogP contribution in [0.2, 0.25) is 10.0 Å². The molecule has 1 N–H and O–H groups in total. The second-order valence-electron chi connectivity index (χ2n) is 5.52. The highest BCUT2D eigenvalue weighted by atomic mass is 35.5. The average Bonchev–Trinajstić information content (AvgIpc) is 2.55. The average molecular weight is 367 g/mol. The number of nitrogens with zero attached hydrogens (tertiary/aromatic N) is 3. The van der Waals surface area contributed by atoms with Crippen LogP contribution in [0.5, 0.6) is 0 Å². The Morgan fingerprint density at radius 1 is 1.29 bits per heavy atom. The minimum atomic E-state index is -0.130. The summed E-state index contributed by atoms with van der Waals surface area (Å²) in [6.07, 6.45) is 1.98. The molecule has 0 radical (unpaired) electrons. The van der Waals surface area contributed by atoms with Gasteiger partial charge < -0.3 is 10.2 Å². The Hall–Kier alpha value is -1.85. The molecule has 0 bridgehead atoms. The van der Waals surface area contributed by atoms with Gasteiger partial charge in [-0.2, -0.15) is 0 Å². The molecule has 0 aliphatic rings.